The van der Waals surface area contributed by atoms with Crippen LogP contribution in [0.2, 0.25) is 5.02 Å². The highest BCUT2D eigenvalue weighted by molar-refractivity contribution is 9.10. The molecule has 0 amide bonds. The number of aryl methyl sites for hydroxylation is 1. The van der Waals surface area contributed by atoms with Crippen LogP contribution in [0.3, 0.4) is 0 Å². The lowest BCUT2D eigenvalue weighted by atomic mass is 10.2. The zero-order valence-electron chi connectivity index (χ0n) is 9.58. The van der Waals surface area contributed by atoms with Gasteiger partial charge < -0.3 is 5.73 Å². The van der Waals surface area contributed by atoms with E-state index < -0.39 is 0 Å². The fraction of sp³-hybridized carbons (Fsp3) is 0.231. The minimum absolute atomic E-state index is 0.589. The van der Waals surface area contributed by atoms with Gasteiger partial charge in [-0.25, -0.2) is 9.97 Å². The van der Waals surface area contributed by atoms with E-state index in [2.05, 4.69) is 25.9 Å². The van der Waals surface area contributed by atoms with Gasteiger partial charge in [0.05, 0.1) is 5.02 Å². The molecule has 2 N–H and O–H groups in total. The standard InChI is InChI=1S/C13H11BrClN3/c14-7-4-5-8(10(15)6-7)13-17-11-3-1-2-9(11)12(16)18-13/h4-6H,1-3H2,(H2,16,17,18). The second kappa shape index (κ2) is 4.52. The molecule has 0 saturated carbocycles. The van der Waals surface area contributed by atoms with E-state index >= 15 is 0 Å². The lowest BCUT2D eigenvalue weighted by Crippen LogP contribution is -2.03. The maximum Gasteiger partial charge on any atom is 0.163 e. The molecule has 0 aliphatic heterocycles. The van der Waals surface area contributed by atoms with E-state index in [1.165, 1.54) is 0 Å². The quantitative estimate of drug-likeness (QED) is 0.871. The molecule has 5 heteroatoms. The molecule has 1 aliphatic rings. The fourth-order valence-corrected chi connectivity index (χ4v) is 3.01. The van der Waals surface area contributed by atoms with Crippen molar-refractivity contribution < 1.29 is 0 Å². The Morgan fingerprint density at radius 2 is 2.06 bits per heavy atom. The number of fused-ring (bicyclic) bond motifs is 1. The summed E-state index contributed by atoms with van der Waals surface area (Å²) in [4.78, 5) is 8.96. The molecule has 1 aliphatic carbocycles. The third-order valence-corrected chi connectivity index (χ3v) is 3.94. The van der Waals surface area contributed by atoms with Gasteiger partial charge in [-0.3, -0.25) is 0 Å². The number of nitrogens with two attached hydrogens (primary N) is 1. The van der Waals surface area contributed by atoms with Crippen LogP contribution >= 0.6 is 27.5 Å². The molecular formula is C13H11BrClN3. The summed E-state index contributed by atoms with van der Waals surface area (Å²) in [6, 6.07) is 5.67. The highest BCUT2D eigenvalue weighted by Gasteiger charge is 2.19. The molecule has 3 rings (SSSR count). The van der Waals surface area contributed by atoms with Crippen LogP contribution in [-0.2, 0) is 12.8 Å². The normalized spacial score (nSPS) is 13.7. The first-order valence-corrected chi connectivity index (χ1v) is 6.93. The van der Waals surface area contributed by atoms with Crippen molar-refractivity contribution in [3.05, 3.63) is 39.0 Å². The maximum atomic E-state index is 6.22. The molecule has 0 saturated heterocycles. The maximum absolute atomic E-state index is 6.22. The predicted octanol–water partition coefficient (Wildman–Crippen LogP) is 3.63. The first-order chi connectivity index (χ1) is 8.65. The minimum atomic E-state index is 0.589. The van der Waals surface area contributed by atoms with Gasteiger partial charge in [-0.1, -0.05) is 27.5 Å². The van der Waals surface area contributed by atoms with Gasteiger partial charge in [0.1, 0.15) is 5.82 Å². The summed E-state index contributed by atoms with van der Waals surface area (Å²) in [6.45, 7) is 0. The number of benzene rings is 1. The molecule has 1 aromatic carbocycles. The Morgan fingerprint density at radius 1 is 1.22 bits per heavy atom. The number of hydrogen-bond donors (Lipinski definition) is 1. The van der Waals surface area contributed by atoms with Gasteiger partial charge in [-0.05, 0) is 37.5 Å². The van der Waals surface area contributed by atoms with Crippen LogP contribution in [0.25, 0.3) is 11.4 Å². The summed E-state index contributed by atoms with van der Waals surface area (Å²) in [5.41, 5.74) is 8.98. The van der Waals surface area contributed by atoms with Crippen molar-refractivity contribution >= 4 is 33.3 Å². The van der Waals surface area contributed by atoms with Gasteiger partial charge in [0.2, 0.25) is 0 Å². The van der Waals surface area contributed by atoms with E-state index in [-0.39, 0.29) is 0 Å². The Labute approximate surface area is 119 Å². The monoisotopic (exact) mass is 323 g/mol. The summed E-state index contributed by atoms with van der Waals surface area (Å²) in [5, 5.41) is 0.627. The molecule has 3 nitrogen and oxygen atoms in total. The lowest BCUT2D eigenvalue weighted by molar-refractivity contribution is 0.900. The first-order valence-electron chi connectivity index (χ1n) is 5.76. The summed E-state index contributed by atoms with van der Waals surface area (Å²) >= 11 is 9.60. The van der Waals surface area contributed by atoms with Crippen LogP contribution in [0.4, 0.5) is 5.82 Å². The van der Waals surface area contributed by atoms with Crippen molar-refractivity contribution in [2.24, 2.45) is 0 Å². The fourth-order valence-electron chi connectivity index (χ4n) is 2.25. The summed E-state index contributed by atoms with van der Waals surface area (Å²) < 4.78 is 0.936. The van der Waals surface area contributed by atoms with Crippen molar-refractivity contribution in [3.8, 4) is 11.4 Å². The Bertz CT molecular complexity index is 628. The van der Waals surface area contributed by atoms with Crippen molar-refractivity contribution in [2.75, 3.05) is 5.73 Å². The van der Waals surface area contributed by atoms with Crippen LogP contribution < -0.4 is 5.73 Å². The van der Waals surface area contributed by atoms with Crippen molar-refractivity contribution in [2.45, 2.75) is 19.3 Å². The summed E-state index contributed by atoms with van der Waals surface area (Å²) in [6.07, 6.45) is 3.06. The minimum Gasteiger partial charge on any atom is -0.383 e. The summed E-state index contributed by atoms with van der Waals surface area (Å²) in [5.74, 6) is 1.21. The number of aromatic nitrogens is 2. The molecule has 0 fully saturated rings. The average Bonchev–Trinajstić information content (AvgIpc) is 2.77. The smallest absolute Gasteiger partial charge is 0.163 e. The van der Waals surface area contributed by atoms with E-state index in [9.17, 15) is 0 Å². The Kier molecular flexibility index (Phi) is 2.99. The Balaban J connectivity index is 2.15. The number of nitrogen functional groups attached to an aromatic ring is 1. The topological polar surface area (TPSA) is 51.8 Å². The molecule has 0 radical (unpaired) electrons. The van der Waals surface area contributed by atoms with Crippen LogP contribution in [0.1, 0.15) is 17.7 Å². The van der Waals surface area contributed by atoms with Gasteiger partial charge >= 0.3 is 0 Å². The largest absolute Gasteiger partial charge is 0.383 e. The van der Waals surface area contributed by atoms with Crippen LogP contribution in [0.15, 0.2) is 22.7 Å². The average molecular weight is 325 g/mol. The van der Waals surface area contributed by atoms with E-state index in [4.69, 9.17) is 17.3 Å². The van der Waals surface area contributed by atoms with Gasteiger partial charge in [-0.15, -0.1) is 0 Å². The molecule has 1 aromatic heterocycles. The molecule has 0 bridgehead atoms. The number of halogens is 2. The zero-order chi connectivity index (χ0) is 12.7. The van der Waals surface area contributed by atoms with E-state index in [1.807, 2.05) is 18.2 Å². The molecule has 1 heterocycles. The SMILES string of the molecule is Nc1nc(-c2ccc(Br)cc2Cl)nc2c1CCC2. The van der Waals surface area contributed by atoms with Crippen molar-refractivity contribution in [1.29, 1.82) is 0 Å². The molecule has 0 atom stereocenters. The van der Waals surface area contributed by atoms with Gasteiger partial charge in [-0.2, -0.15) is 0 Å². The third kappa shape index (κ3) is 1.99. The van der Waals surface area contributed by atoms with E-state index in [0.717, 1.165) is 40.6 Å². The molecule has 0 spiro atoms. The Morgan fingerprint density at radius 3 is 2.83 bits per heavy atom. The summed E-state index contributed by atoms with van der Waals surface area (Å²) in [7, 11) is 0. The number of hydrogen-bond acceptors (Lipinski definition) is 3. The molecular weight excluding hydrogens is 314 g/mol. The zero-order valence-corrected chi connectivity index (χ0v) is 11.9. The second-order valence-corrected chi connectivity index (χ2v) is 5.66. The van der Waals surface area contributed by atoms with Crippen molar-refractivity contribution in [3.63, 3.8) is 0 Å². The predicted molar refractivity (Wildman–Crippen MR) is 76.6 cm³/mol. The lowest BCUT2D eigenvalue weighted by Gasteiger charge is -2.08. The highest BCUT2D eigenvalue weighted by atomic mass is 79.9. The Hall–Kier alpha value is -1.13. The molecule has 92 valence electrons. The number of rotatable bonds is 1. The number of anilines is 1. The van der Waals surface area contributed by atoms with Crippen LogP contribution in [0.5, 0.6) is 0 Å². The molecule has 2 aromatic rings. The molecule has 0 unspecified atom stereocenters. The van der Waals surface area contributed by atoms with Crippen molar-refractivity contribution in [1.82, 2.24) is 9.97 Å². The first kappa shape index (κ1) is 11.9. The second-order valence-electron chi connectivity index (χ2n) is 4.34. The third-order valence-electron chi connectivity index (χ3n) is 3.14. The number of nitrogens with zero attached hydrogens (tertiary/aromatic N) is 2. The highest BCUT2D eigenvalue weighted by Crippen LogP contribution is 2.32. The van der Waals surface area contributed by atoms with Gasteiger partial charge in [0.25, 0.3) is 0 Å². The van der Waals surface area contributed by atoms with Gasteiger partial charge in [0, 0.05) is 21.3 Å². The van der Waals surface area contributed by atoms with Gasteiger partial charge in [0.15, 0.2) is 5.82 Å². The van der Waals surface area contributed by atoms with Crippen LogP contribution in [-0.4, -0.2) is 9.97 Å². The molecule has 18 heavy (non-hydrogen) atoms. The van der Waals surface area contributed by atoms with Crippen LogP contribution in [0, 0.1) is 0 Å². The van der Waals surface area contributed by atoms with E-state index in [0.29, 0.717) is 16.7 Å². The van der Waals surface area contributed by atoms with E-state index in [1.54, 1.807) is 0 Å².